The SMILES string of the molecule is CC(=O)N(CC(=O)N(C)Cc1ccccc1)c1ccc2c(c1)OCCO2. The second kappa shape index (κ2) is 7.91. The molecule has 0 spiro atoms. The van der Waals surface area contributed by atoms with E-state index in [0.29, 0.717) is 36.9 Å². The number of ether oxygens (including phenoxy) is 2. The summed E-state index contributed by atoms with van der Waals surface area (Å²) >= 11 is 0. The van der Waals surface area contributed by atoms with Gasteiger partial charge in [-0.1, -0.05) is 30.3 Å². The number of anilines is 1. The lowest BCUT2D eigenvalue weighted by Gasteiger charge is -2.26. The quantitative estimate of drug-likeness (QED) is 0.828. The summed E-state index contributed by atoms with van der Waals surface area (Å²) in [6.07, 6.45) is 0. The first-order valence-corrected chi connectivity index (χ1v) is 8.50. The van der Waals surface area contributed by atoms with Crippen LogP contribution in [0, 0.1) is 0 Å². The number of carbonyl (C=O) groups excluding carboxylic acids is 2. The Morgan fingerprint density at radius 1 is 1.00 bits per heavy atom. The Morgan fingerprint density at radius 2 is 1.69 bits per heavy atom. The van der Waals surface area contributed by atoms with Gasteiger partial charge in [0.05, 0.1) is 0 Å². The lowest BCUT2D eigenvalue weighted by Crippen LogP contribution is -2.40. The van der Waals surface area contributed by atoms with Gasteiger partial charge in [0, 0.05) is 32.3 Å². The summed E-state index contributed by atoms with van der Waals surface area (Å²) in [5.74, 6) is 0.892. The molecule has 6 nitrogen and oxygen atoms in total. The highest BCUT2D eigenvalue weighted by Gasteiger charge is 2.21. The second-order valence-corrected chi connectivity index (χ2v) is 6.17. The summed E-state index contributed by atoms with van der Waals surface area (Å²) in [5, 5.41) is 0. The van der Waals surface area contributed by atoms with Gasteiger partial charge in [-0.2, -0.15) is 0 Å². The molecule has 0 bridgehead atoms. The monoisotopic (exact) mass is 354 g/mol. The third-order valence-electron chi connectivity index (χ3n) is 4.20. The average Bonchev–Trinajstić information content (AvgIpc) is 2.66. The molecule has 0 radical (unpaired) electrons. The Morgan fingerprint density at radius 3 is 2.38 bits per heavy atom. The van der Waals surface area contributed by atoms with Crippen LogP contribution in [0.5, 0.6) is 11.5 Å². The van der Waals surface area contributed by atoms with Gasteiger partial charge in [-0.25, -0.2) is 0 Å². The molecule has 2 amide bonds. The summed E-state index contributed by atoms with van der Waals surface area (Å²) in [5.41, 5.74) is 1.65. The lowest BCUT2D eigenvalue weighted by molar-refractivity contribution is -0.130. The van der Waals surface area contributed by atoms with Gasteiger partial charge >= 0.3 is 0 Å². The largest absolute Gasteiger partial charge is 0.486 e. The normalized spacial score (nSPS) is 12.4. The molecule has 6 heteroatoms. The Labute approximate surface area is 152 Å². The molecule has 0 aromatic heterocycles. The molecule has 136 valence electrons. The van der Waals surface area contributed by atoms with Crippen molar-refractivity contribution in [3.05, 3.63) is 54.1 Å². The van der Waals surface area contributed by atoms with Crippen LogP contribution in [-0.2, 0) is 16.1 Å². The number of fused-ring (bicyclic) bond motifs is 1. The minimum atomic E-state index is -0.205. The maximum Gasteiger partial charge on any atom is 0.242 e. The highest BCUT2D eigenvalue weighted by atomic mass is 16.6. The van der Waals surface area contributed by atoms with Crippen molar-refractivity contribution >= 4 is 17.5 Å². The molecule has 2 aromatic rings. The van der Waals surface area contributed by atoms with E-state index in [0.717, 1.165) is 5.56 Å². The summed E-state index contributed by atoms with van der Waals surface area (Å²) in [6, 6.07) is 15.0. The zero-order chi connectivity index (χ0) is 18.5. The standard InChI is InChI=1S/C20H22N2O4/c1-15(23)22(17-8-9-18-19(12-17)26-11-10-25-18)14-20(24)21(2)13-16-6-4-3-5-7-16/h3-9,12H,10-11,13-14H2,1-2H3. The zero-order valence-electron chi connectivity index (χ0n) is 15.0. The third kappa shape index (κ3) is 4.14. The van der Waals surface area contributed by atoms with Gasteiger partial charge in [-0.3, -0.25) is 9.59 Å². The van der Waals surface area contributed by atoms with Crippen LogP contribution in [0.4, 0.5) is 5.69 Å². The summed E-state index contributed by atoms with van der Waals surface area (Å²) < 4.78 is 11.1. The van der Waals surface area contributed by atoms with Crippen molar-refractivity contribution in [2.75, 3.05) is 31.7 Å². The van der Waals surface area contributed by atoms with Crippen LogP contribution in [0.3, 0.4) is 0 Å². The molecule has 1 aliphatic rings. The van der Waals surface area contributed by atoms with Crippen LogP contribution in [0.1, 0.15) is 12.5 Å². The fraction of sp³-hybridized carbons (Fsp3) is 0.300. The molecule has 26 heavy (non-hydrogen) atoms. The fourth-order valence-electron chi connectivity index (χ4n) is 2.79. The van der Waals surface area contributed by atoms with E-state index in [2.05, 4.69) is 0 Å². The maximum atomic E-state index is 12.6. The topological polar surface area (TPSA) is 59.1 Å². The Bertz CT molecular complexity index is 792. The number of nitrogens with zero attached hydrogens (tertiary/aromatic N) is 2. The van der Waals surface area contributed by atoms with Crippen molar-refractivity contribution in [2.24, 2.45) is 0 Å². The third-order valence-corrected chi connectivity index (χ3v) is 4.20. The Hall–Kier alpha value is -3.02. The molecule has 0 saturated heterocycles. The molecule has 1 heterocycles. The van der Waals surface area contributed by atoms with Crippen LogP contribution in [-0.4, -0.2) is 43.5 Å². The van der Waals surface area contributed by atoms with E-state index < -0.39 is 0 Å². The number of amides is 2. The zero-order valence-corrected chi connectivity index (χ0v) is 15.0. The number of rotatable bonds is 5. The summed E-state index contributed by atoms with van der Waals surface area (Å²) in [4.78, 5) is 27.8. The fourth-order valence-corrected chi connectivity index (χ4v) is 2.79. The molecule has 0 unspecified atom stereocenters. The molecule has 1 aliphatic heterocycles. The Balaban J connectivity index is 1.72. The number of likely N-dealkylation sites (N-methyl/N-ethyl adjacent to an activating group) is 1. The van der Waals surface area contributed by atoms with Gasteiger partial charge in [0.1, 0.15) is 19.8 Å². The number of hydrogen-bond donors (Lipinski definition) is 0. The van der Waals surface area contributed by atoms with Crippen LogP contribution >= 0.6 is 0 Å². The minimum Gasteiger partial charge on any atom is -0.486 e. The summed E-state index contributed by atoms with van der Waals surface area (Å²) in [7, 11) is 1.73. The molecule has 0 fully saturated rings. The number of hydrogen-bond acceptors (Lipinski definition) is 4. The van der Waals surface area contributed by atoms with E-state index in [9.17, 15) is 9.59 Å². The predicted octanol–water partition coefficient (Wildman–Crippen LogP) is 2.47. The number of carbonyl (C=O) groups is 2. The Kier molecular flexibility index (Phi) is 5.41. The molecular weight excluding hydrogens is 332 g/mol. The van der Waals surface area contributed by atoms with Crippen LogP contribution in [0.15, 0.2) is 48.5 Å². The van der Waals surface area contributed by atoms with Gasteiger partial charge in [0.25, 0.3) is 0 Å². The second-order valence-electron chi connectivity index (χ2n) is 6.17. The van der Waals surface area contributed by atoms with Crippen molar-refractivity contribution < 1.29 is 19.1 Å². The lowest BCUT2D eigenvalue weighted by atomic mass is 10.2. The highest BCUT2D eigenvalue weighted by Crippen LogP contribution is 2.34. The van der Waals surface area contributed by atoms with E-state index in [1.807, 2.05) is 30.3 Å². The predicted molar refractivity (Wildman–Crippen MR) is 98.4 cm³/mol. The van der Waals surface area contributed by atoms with E-state index in [-0.39, 0.29) is 18.4 Å². The van der Waals surface area contributed by atoms with Crippen molar-refractivity contribution in [1.29, 1.82) is 0 Å². The summed E-state index contributed by atoms with van der Waals surface area (Å²) in [6.45, 7) is 2.88. The van der Waals surface area contributed by atoms with Crippen molar-refractivity contribution in [1.82, 2.24) is 4.90 Å². The van der Waals surface area contributed by atoms with Gasteiger partial charge in [0.15, 0.2) is 11.5 Å². The van der Waals surface area contributed by atoms with Crippen molar-refractivity contribution in [3.63, 3.8) is 0 Å². The van der Waals surface area contributed by atoms with E-state index >= 15 is 0 Å². The van der Waals surface area contributed by atoms with Gasteiger partial charge in [-0.15, -0.1) is 0 Å². The molecule has 3 rings (SSSR count). The molecule has 0 N–H and O–H groups in total. The maximum absolute atomic E-state index is 12.6. The molecular formula is C20H22N2O4. The molecule has 0 saturated carbocycles. The van der Waals surface area contributed by atoms with Gasteiger partial charge in [-0.05, 0) is 17.7 Å². The van der Waals surface area contributed by atoms with E-state index in [1.54, 1.807) is 30.1 Å². The van der Waals surface area contributed by atoms with E-state index in [4.69, 9.17) is 9.47 Å². The highest BCUT2D eigenvalue weighted by molar-refractivity contribution is 5.97. The van der Waals surface area contributed by atoms with Crippen LogP contribution in [0.25, 0.3) is 0 Å². The van der Waals surface area contributed by atoms with Crippen LogP contribution < -0.4 is 14.4 Å². The molecule has 2 aromatic carbocycles. The van der Waals surface area contributed by atoms with Crippen LogP contribution in [0.2, 0.25) is 0 Å². The first-order chi connectivity index (χ1) is 12.5. The van der Waals surface area contributed by atoms with Gasteiger partial charge < -0.3 is 19.3 Å². The molecule has 0 atom stereocenters. The van der Waals surface area contributed by atoms with Gasteiger partial charge in [0.2, 0.25) is 11.8 Å². The molecule has 0 aliphatic carbocycles. The smallest absolute Gasteiger partial charge is 0.242 e. The van der Waals surface area contributed by atoms with Crippen molar-refractivity contribution in [3.8, 4) is 11.5 Å². The van der Waals surface area contributed by atoms with Crippen molar-refractivity contribution in [2.45, 2.75) is 13.5 Å². The number of benzene rings is 2. The minimum absolute atomic E-state index is 0.0295. The first kappa shape index (κ1) is 17.8. The first-order valence-electron chi connectivity index (χ1n) is 8.50. The average molecular weight is 354 g/mol. The van der Waals surface area contributed by atoms with E-state index in [1.165, 1.54) is 11.8 Å².